The van der Waals surface area contributed by atoms with Crippen molar-refractivity contribution in [1.82, 2.24) is 10.6 Å². The van der Waals surface area contributed by atoms with E-state index in [1.54, 1.807) is 4.90 Å². The summed E-state index contributed by atoms with van der Waals surface area (Å²) in [6.45, 7) is 6.35. The summed E-state index contributed by atoms with van der Waals surface area (Å²) in [5.74, 6) is 0.544. The first-order valence-electron chi connectivity index (χ1n) is 8.31. The number of anilines is 1. The second-order valence-corrected chi connectivity index (χ2v) is 5.32. The van der Waals surface area contributed by atoms with Crippen LogP contribution in [0.3, 0.4) is 0 Å². The fraction of sp³-hybridized carbons (Fsp3) is 0.529. The number of carbonyl (C=O) groups is 2. The Labute approximate surface area is 137 Å². The van der Waals surface area contributed by atoms with Crippen molar-refractivity contribution in [2.75, 3.05) is 24.5 Å². The number of urea groups is 1. The summed E-state index contributed by atoms with van der Waals surface area (Å²) < 4.78 is 5.98. The lowest BCUT2D eigenvalue weighted by Gasteiger charge is -2.28. The molecule has 2 saturated heterocycles. The van der Waals surface area contributed by atoms with Gasteiger partial charge in [0.1, 0.15) is 11.9 Å². The molecular formula is C17H25N3O3. The molecule has 0 atom stereocenters. The van der Waals surface area contributed by atoms with Gasteiger partial charge in [0, 0.05) is 24.7 Å². The Bertz CT molecular complexity index is 542. The minimum Gasteiger partial charge on any atom is -0.490 e. The Morgan fingerprint density at radius 1 is 1.17 bits per heavy atom. The molecule has 2 N–H and O–H groups in total. The van der Waals surface area contributed by atoms with E-state index >= 15 is 0 Å². The number of amides is 3. The van der Waals surface area contributed by atoms with Crippen LogP contribution in [-0.4, -0.2) is 37.7 Å². The monoisotopic (exact) mass is 319 g/mol. The molecule has 23 heavy (non-hydrogen) atoms. The largest absolute Gasteiger partial charge is 0.490 e. The Morgan fingerprint density at radius 2 is 1.91 bits per heavy atom. The molecule has 126 valence electrons. The first kappa shape index (κ1) is 17.3. The minimum atomic E-state index is -0.370. The Kier molecular flexibility index (Phi) is 6.40. The van der Waals surface area contributed by atoms with Gasteiger partial charge in [0.25, 0.3) is 0 Å². The Morgan fingerprint density at radius 3 is 2.61 bits per heavy atom. The van der Waals surface area contributed by atoms with Gasteiger partial charge in [-0.05, 0) is 38.1 Å². The summed E-state index contributed by atoms with van der Waals surface area (Å²) in [5, 5.41) is 5.63. The zero-order valence-electron chi connectivity index (χ0n) is 13.8. The third kappa shape index (κ3) is 4.69. The summed E-state index contributed by atoms with van der Waals surface area (Å²) in [4.78, 5) is 24.6. The average Bonchev–Trinajstić information content (AvgIpc) is 2.58. The standard InChI is InChI=1S/C15H19N3O3.C2H6/c19-14-6-9-18(15(20)17-14)11-2-1-3-13(10-11)21-12-4-7-16-8-5-12;1-2/h1-3,10,12,16H,4-9H2,(H,17,19,20);1-2H3. The van der Waals surface area contributed by atoms with Crippen LogP contribution in [0.4, 0.5) is 10.5 Å². The van der Waals surface area contributed by atoms with Crippen LogP contribution in [0, 0.1) is 0 Å². The summed E-state index contributed by atoms with van der Waals surface area (Å²) in [7, 11) is 0. The highest BCUT2D eigenvalue weighted by Crippen LogP contribution is 2.24. The highest BCUT2D eigenvalue weighted by molar-refractivity contribution is 6.05. The molecule has 0 saturated carbocycles. The number of piperidine rings is 1. The van der Waals surface area contributed by atoms with E-state index in [0.29, 0.717) is 13.0 Å². The van der Waals surface area contributed by atoms with Gasteiger partial charge in [-0.15, -0.1) is 0 Å². The normalized spacial score (nSPS) is 18.8. The van der Waals surface area contributed by atoms with Crippen LogP contribution in [0.2, 0.25) is 0 Å². The van der Waals surface area contributed by atoms with Gasteiger partial charge in [0.05, 0.1) is 0 Å². The van der Waals surface area contributed by atoms with E-state index in [-0.39, 0.29) is 18.0 Å². The maximum Gasteiger partial charge on any atom is 0.328 e. The minimum absolute atomic E-state index is 0.221. The van der Waals surface area contributed by atoms with Crippen molar-refractivity contribution in [3.8, 4) is 5.75 Å². The van der Waals surface area contributed by atoms with E-state index < -0.39 is 0 Å². The number of nitrogens with zero attached hydrogens (tertiary/aromatic N) is 1. The summed E-state index contributed by atoms with van der Waals surface area (Å²) in [5.41, 5.74) is 0.756. The molecule has 0 unspecified atom stereocenters. The number of nitrogens with one attached hydrogen (secondary N) is 2. The fourth-order valence-corrected chi connectivity index (χ4v) is 2.64. The van der Waals surface area contributed by atoms with Gasteiger partial charge in [-0.25, -0.2) is 4.79 Å². The number of benzene rings is 1. The quantitative estimate of drug-likeness (QED) is 0.897. The molecule has 0 bridgehead atoms. The molecule has 0 radical (unpaired) electrons. The summed E-state index contributed by atoms with van der Waals surface area (Å²) >= 11 is 0. The lowest BCUT2D eigenvalue weighted by atomic mass is 10.1. The van der Waals surface area contributed by atoms with Crippen molar-refractivity contribution in [2.24, 2.45) is 0 Å². The number of hydrogen-bond acceptors (Lipinski definition) is 4. The Balaban J connectivity index is 0.000000924. The number of rotatable bonds is 3. The van der Waals surface area contributed by atoms with E-state index in [1.807, 2.05) is 38.1 Å². The lowest BCUT2D eigenvalue weighted by Crippen LogP contribution is -2.49. The summed E-state index contributed by atoms with van der Waals surface area (Å²) in [6.07, 6.45) is 2.52. The predicted octanol–water partition coefficient (Wildman–Crippen LogP) is 2.29. The topological polar surface area (TPSA) is 70.7 Å². The SMILES string of the molecule is CC.O=C1CCN(c2cccc(OC3CCNCC3)c2)C(=O)N1. The number of hydrogen-bond donors (Lipinski definition) is 2. The van der Waals surface area contributed by atoms with E-state index in [0.717, 1.165) is 37.4 Å². The van der Waals surface area contributed by atoms with Crippen LogP contribution in [0.15, 0.2) is 24.3 Å². The van der Waals surface area contributed by atoms with Crippen molar-refractivity contribution in [1.29, 1.82) is 0 Å². The first-order valence-corrected chi connectivity index (χ1v) is 8.31. The second kappa shape index (κ2) is 8.53. The van der Waals surface area contributed by atoms with Gasteiger partial charge in [-0.1, -0.05) is 19.9 Å². The van der Waals surface area contributed by atoms with E-state index in [9.17, 15) is 9.59 Å². The molecule has 0 spiro atoms. The highest BCUT2D eigenvalue weighted by atomic mass is 16.5. The zero-order chi connectivity index (χ0) is 16.7. The molecule has 0 aliphatic carbocycles. The van der Waals surface area contributed by atoms with Crippen LogP contribution in [-0.2, 0) is 4.79 Å². The highest BCUT2D eigenvalue weighted by Gasteiger charge is 2.24. The van der Waals surface area contributed by atoms with Gasteiger partial charge in [-0.3, -0.25) is 15.0 Å². The van der Waals surface area contributed by atoms with Gasteiger partial charge in [0.15, 0.2) is 0 Å². The van der Waals surface area contributed by atoms with Crippen molar-refractivity contribution < 1.29 is 14.3 Å². The molecule has 3 rings (SSSR count). The number of imide groups is 1. The number of ether oxygens (including phenoxy) is 1. The molecule has 0 aromatic heterocycles. The van der Waals surface area contributed by atoms with Crippen LogP contribution in [0.25, 0.3) is 0 Å². The molecule has 1 aromatic carbocycles. The maximum atomic E-state index is 11.9. The zero-order valence-corrected chi connectivity index (χ0v) is 13.8. The van der Waals surface area contributed by atoms with Crippen LogP contribution >= 0.6 is 0 Å². The smallest absolute Gasteiger partial charge is 0.328 e. The molecule has 2 aliphatic rings. The van der Waals surface area contributed by atoms with Gasteiger partial charge in [-0.2, -0.15) is 0 Å². The molecule has 2 aliphatic heterocycles. The van der Waals surface area contributed by atoms with Crippen LogP contribution in [0.1, 0.15) is 33.1 Å². The third-order valence-corrected chi connectivity index (χ3v) is 3.77. The van der Waals surface area contributed by atoms with Gasteiger partial charge >= 0.3 is 6.03 Å². The molecule has 1 aromatic rings. The summed E-state index contributed by atoms with van der Waals surface area (Å²) in [6, 6.07) is 7.11. The third-order valence-electron chi connectivity index (χ3n) is 3.77. The van der Waals surface area contributed by atoms with Crippen LogP contribution < -0.4 is 20.3 Å². The maximum absolute atomic E-state index is 11.9. The van der Waals surface area contributed by atoms with Crippen molar-refractivity contribution >= 4 is 17.6 Å². The van der Waals surface area contributed by atoms with Gasteiger partial charge < -0.3 is 10.1 Å². The average molecular weight is 319 g/mol. The molecule has 6 heteroatoms. The molecule has 6 nitrogen and oxygen atoms in total. The Hall–Kier alpha value is -2.08. The first-order chi connectivity index (χ1) is 11.2. The second-order valence-electron chi connectivity index (χ2n) is 5.32. The molecular weight excluding hydrogens is 294 g/mol. The lowest BCUT2D eigenvalue weighted by molar-refractivity contribution is -0.120. The molecule has 2 fully saturated rings. The van der Waals surface area contributed by atoms with E-state index in [2.05, 4.69) is 10.6 Å². The van der Waals surface area contributed by atoms with Crippen LogP contribution in [0.5, 0.6) is 5.75 Å². The molecule has 2 heterocycles. The predicted molar refractivity (Wildman–Crippen MR) is 89.8 cm³/mol. The fourth-order valence-electron chi connectivity index (χ4n) is 2.64. The van der Waals surface area contributed by atoms with Gasteiger partial charge in [0.2, 0.25) is 5.91 Å². The van der Waals surface area contributed by atoms with E-state index in [1.165, 1.54) is 0 Å². The van der Waals surface area contributed by atoms with Crippen molar-refractivity contribution in [2.45, 2.75) is 39.2 Å². The molecule has 3 amide bonds. The van der Waals surface area contributed by atoms with Crippen molar-refractivity contribution in [3.63, 3.8) is 0 Å². The van der Waals surface area contributed by atoms with E-state index in [4.69, 9.17) is 4.74 Å². The van der Waals surface area contributed by atoms with Crippen molar-refractivity contribution in [3.05, 3.63) is 24.3 Å². The number of carbonyl (C=O) groups excluding carboxylic acids is 2.